The van der Waals surface area contributed by atoms with Crippen molar-refractivity contribution in [1.82, 2.24) is 4.90 Å². The summed E-state index contributed by atoms with van der Waals surface area (Å²) in [6.07, 6.45) is 4.68. The molecule has 0 bridgehead atoms. The summed E-state index contributed by atoms with van der Waals surface area (Å²) >= 11 is -0.921. The summed E-state index contributed by atoms with van der Waals surface area (Å²) in [5, 5.41) is 0.306. The van der Waals surface area contributed by atoms with E-state index < -0.39 is 11.2 Å². The maximum absolute atomic E-state index is 12.5. The van der Waals surface area contributed by atoms with Crippen molar-refractivity contribution in [3.8, 4) is 5.75 Å². The molecule has 0 amide bonds. The maximum Gasteiger partial charge on any atom is 0.227 e. The Morgan fingerprint density at radius 1 is 1.06 bits per heavy atom. The molecule has 2 heterocycles. The fourth-order valence-electron chi connectivity index (χ4n) is 4.02. The van der Waals surface area contributed by atoms with Gasteiger partial charge in [-0.1, -0.05) is 36.4 Å². The molecule has 2 aromatic carbocycles. The zero-order chi connectivity index (χ0) is 21.2. The number of rotatable bonds is 7. The van der Waals surface area contributed by atoms with Gasteiger partial charge in [0, 0.05) is 19.2 Å². The topological polar surface area (TPSA) is 65.7 Å². The fourth-order valence-corrected chi connectivity index (χ4v) is 5.57. The van der Waals surface area contributed by atoms with E-state index in [0.717, 1.165) is 36.4 Å². The minimum absolute atomic E-state index is 0.180. The Balaban J connectivity index is 1.17. The minimum Gasteiger partial charge on any atom is -0.611 e. The van der Waals surface area contributed by atoms with Gasteiger partial charge in [0.25, 0.3) is 0 Å². The zero-order valence-corrected chi connectivity index (χ0v) is 18.1. The van der Waals surface area contributed by atoms with Crippen LogP contribution in [0.4, 0.5) is 0 Å². The molecule has 2 aliphatic rings. The van der Waals surface area contributed by atoms with E-state index in [-0.39, 0.29) is 17.8 Å². The molecular weight excluding hydrogens is 410 g/mol. The zero-order valence-electron chi connectivity index (χ0n) is 17.3. The first-order valence-electron chi connectivity index (χ1n) is 10.7. The third kappa shape index (κ3) is 4.56. The highest BCUT2D eigenvalue weighted by molar-refractivity contribution is 7.92. The van der Waals surface area contributed by atoms with Gasteiger partial charge in [-0.3, -0.25) is 9.69 Å². The van der Waals surface area contributed by atoms with E-state index >= 15 is 0 Å². The first kappa shape index (κ1) is 20.4. The first-order chi connectivity index (χ1) is 15.2. The van der Waals surface area contributed by atoms with E-state index in [1.807, 2.05) is 24.3 Å². The van der Waals surface area contributed by atoms with Crippen LogP contribution >= 0.6 is 0 Å². The van der Waals surface area contributed by atoms with Crippen molar-refractivity contribution >= 4 is 11.2 Å². The van der Waals surface area contributed by atoms with Crippen molar-refractivity contribution in [2.75, 3.05) is 0 Å². The Morgan fingerprint density at radius 2 is 1.77 bits per heavy atom. The third-order valence-corrected chi connectivity index (χ3v) is 7.86. The predicted molar refractivity (Wildman–Crippen MR) is 119 cm³/mol. The molecular formula is C25H25NO4S. The van der Waals surface area contributed by atoms with E-state index in [9.17, 15) is 9.35 Å². The van der Waals surface area contributed by atoms with E-state index in [1.54, 1.807) is 0 Å². The summed E-state index contributed by atoms with van der Waals surface area (Å²) < 4.78 is 23.8. The molecule has 31 heavy (non-hydrogen) atoms. The SMILES string of the molecule is O=c1cc(CN2Cc3ccccc3C2)occ1OCc1ccc([S+]([O-])C2CCC2)cc1. The van der Waals surface area contributed by atoms with E-state index in [1.165, 1.54) is 29.9 Å². The Kier molecular flexibility index (Phi) is 5.85. The van der Waals surface area contributed by atoms with E-state index in [2.05, 4.69) is 29.2 Å². The number of fused-ring (bicyclic) bond motifs is 1. The standard InChI is InChI=1S/C25H25NO4S/c27-24-12-21(15-26-13-19-4-1-2-5-20(19)14-26)29-17-25(24)30-16-18-8-10-23(11-9-18)31(28)22-6-3-7-22/h1-2,4-5,8-12,17,22H,3,6-7,13-16H2. The highest BCUT2D eigenvalue weighted by Gasteiger charge is 2.30. The van der Waals surface area contributed by atoms with Crippen LogP contribution in [0.5, 0.6) is 5.75 Å². The lowest BCUT2D eigenvalue weighted by atomic mass is 10.00. The Hall–Kier alpha value is -2.54. The summed E-state index contributed by atoms with van der Waals surface area (Å²) in [5.41, 5.74) is 3.40. The van der Waals surface area contributed by atoms with Crippen LogP contribution in [-0.2, 0) is 37.4 Å². The largest absolute Gasteiger partial charge is 0.611 e. The predicted octanol–water partition coefficient (Wildman–Crippen LogP) is 4.39. The van der Waals surface area contributed by atoms with Crippen molar-refractivity contribution in [2.24, 2.45) is 0 Å². The fraction of sp³-hybridized carbons (Fsp3) is 0.320. The molecule has 0 radical (unpaired) electrons. The van der Waals surface area contributed by atoms with Crippen molar-refractivity contribution in [3.05, 3.63) is 93.5 Å². The molecule has 1 unspecified atom stereocenters. The van der Waals surface area contributed by atoms with Crippen molar-refractivity contribution in [1.29, 1.82) is 0 Å². The lowest BCUT2D eigenvalue weighted by Gasteiger charge is -2.27. The Labute approximate surface area is 184 Å². The van der Waals surface area contributed by atoms with Gasteiger partial charge in [-0.15, -0.1) is 0 Å². The second-order valence-electron chi connectivity index (χ2n) is 8.27. The molecule has 0 spiro atoms. The van der Waals surface area contributed by atoms with Crippen LogP contribution in [-0.4, -0.2) is 14.7 Å². The second-order valence-corrected chi connectivity index (χ2v) is 10.0. The maximum atomic E-state index is 12.5. The average Bonchev–Trinajstić information content (AvgIpc) is 3.14. The molecule has 1 saturated carbocycles. The second kappa shape index (κ2) is 8.91. The van der Waals surface area contributed by atoms with Gasteiger partial charge in [-0.2, -0.15) is 0 Å². The van der Waals surface area contributed by atoms with Crippen molar-refractivity contribution in [2.45, 2.75) is 55.6 Å². The molecule has 1 fully saturated rings. The van der Waals surface area contributed by atoms with E-state index in [0.29, 0.717) is 17.6 Å². The van der Waals surface area contributed by atoms with Gasteiger partial charge in [0.2, 0.25) is 11.2 Å². The smallest absolute Gasteiger partial charge is 0.227 e. The molecule has 160 valence electrons. The molecule has 1 aromatic heterocycles. The summed E-state index contributed by atoms with van der Waals surface area (Å²) in [6.45, 7) is 2.57. The number of ether oxygens (including phenoxy) is 1. The average molecular weight is 436 g/mol. The van der Waals surface area contributed by atoms with Gasteiger partial charge in [0.05, 0.1) is 6.54 Å². The van der Waals surface area contributed by atoms with Crippen LogP contribution in [0, 0.1) is 0 Å². The highest BCUT2D eigenvalue weighted by Crippen LogP contribution is 2.31. The summed E-state index contributed by atoms with van der Waals surface area (Å²) in [6, 6.07) is 17.5. The molecule has 1 atom stereocenters. The number of hydrogen-bond acceptors (Lipinski definition) is 5. The molecule has 6 heteroatoms. The van der Waals surface area contributed by atoms with Gasteiger partial charge < -0.3 is 13.7 Å². The number of hydrogen-bond donors (Lipinski definition) is 0. The van der Waals surface area contributed by atoms with Crippen LogP contribution in [0.2, 0.25) is 0 Å². The molecule has 5 nitrogen and oxygen atoms in total. The van der Waals surface area contributed by atoms with Crippen LogP contribution in [0.1, 0.15) is 41.7 Å². The Morgan fingerprint density at radius 3 is 2.39 bits per heavy atom. The summed E-state index contributed by atoms with van der Waals surface area (Å²) in [7, 11) is 0. The molecule has 0 N–H and O–H groups in total. The van der Waals surface area contributed by atoms with Crippen LogP contribution in [0.15, 0.2) is 75.0 Å². The van der Waals surface area contributed by atoms with Crippen molar-refractivity contribution in [3.63, 3.8) is 0 Å². The number of benzene rings is 2. The van der Waals surface area contributed by atoms with Gasteiger partial charge in [-0.25, -0.2) is 0 Å². The lowest BCUT2D eigenvalue weighted by Crippen LogP contribution is -2.28. The highest BCUT2D eigenvalue weighted by atomic mass is 32.2. The van der Waals surface area contributed by atoms with Crippen LogP contribution < -0.4 is 10.2 Å². The van der Waals surface area contributed by atoms with Crippen molar-refractivity contribution < 1.29 is 13.7 Å². The molecule has 1 aliphatic carbocycles. The minimum atomic E-state index is -0.921. The summed E-state index contributed by atoms with van der Waals surface area (Å²) in [5.74, 6) is 0.837. The molecule has 5 rings (SSSR count). The Bertz CT molecular complexity index is 1080. The lowest BCUT2D eigenvalue weighted by molar-refractivity contribution is 0.241. The van der Waals surface area contributed by atoms with Gasteiger partial charge >= 0.3 is 0 Å². The molecule has 3 aromatic rings. The van der Waals surface area contributed by atoms with E-state index in [4.69, 9.17) is 9.15 Å². The molecule has 0 saturated heterocycles. The van der Waals surface area contributed by atoms with Gasteiger partial charge in [0.1, 0.15) is 23.9 Å². The normalized spacial score (nSPS) is 17.2. The quantitative estimate of drug-likeness (QED) is 0.515. The number of nitrogens with zero attached hydrogens (tertiary/aromatic N) is 1. The van der Waals surface area contributed by atoms with Crippen LogP contribution in [0.3, 0.4) is 0 Å². The summed E-state index contributed by atoms with van der Waals surface area (Å²) in [4.78, 5) is 15.6. The third-order valence-electron chi connectivity index (χ3n) is 6.04. The first-order valence-corrected chi connectivity index (χ1v) is 11.9. The van der Waals surface area contributed by atoms with Gasteiger partial charge in [-0.05, 0) is 59.3 Å². The monoisotopic (exact) mass is 435 g/mol. The van der Waals surface area contributed by atoms with Crippen LogP contribution in [0.25, 0.3) is 0 Å². The van der Waals surface area contributed by atoms with Gasteiger partial charge in [0.15, 0.2) is 4.90 Å². The molecule has 1 aliphatic heterocycles.